The zero-order valence-electron chi connectivity index (χ0n) is 14.8. The molecule has 3 rings (SSSR count). The maximum atomic E-state index is 12.6. The normalized spacial score (nSPS) is 14.0. The number of fused-ring (bicyclic) bond motifs is 1. The summed E-state index contributed by atoms with van der Waals surface area (Å²) in [6.45, 7) is 3.22. The minimum absolute atomic E-state index is 0.138. The van der Waals surface area contributed by atoms with Crippen LogP contribution in [0.3, 0.4) is 0 Å². The van der Waals surface area contributed by atoms with Crippen LogP contribution in [0, 0.1) is 0 Å². The molecule has 0 spiro atoms. The smallest absolute Gasteiger partial charge is 0.261 e. The third-order valence-electron chi connectivity index (χ3n) is 4.51. The summed E-state index contributed by atoms with van der Waals surface area (Å²) in [4.78, 5) is 18.2. The lowest BCUT2D eigenvalue weighted by molar-refractivity contribution is -0.132. The van der Waals surface area contributed by atoms with E-state index < -0.39 is 10.0 Å². The van der Waals surface area contributed by atoms with Crippen molar-refractivity contribution in [2.45, 2.75) is 44.0 Å². The van der Waals surface area contributed by atoms with Crippen molar-refractivity contribution in [2.75, 3.05) is 11.3 Å². The van der Waals surface area contributed by atoms with Gasteiger partial charge in [-0.25, -0.2) is 8.42 Å². The molecule has 1 aliphatic rings. The van der Waals surface area contributed by atoms with E-state index in [-0.39, 0.29) is 10.8 Å². The minimum Gasteiger partial charge on any atom is -0.338 e. The van der Waals surface area contributed by atoms with E-state index in [4.69, 9.17) is 0 Å². The van der Waals surface area contributed by atoms with Crippen LogP contribution in [0.1, 0.15) is 37.3 Å². The molecule has 1 aliphatic heterocycles. The van der Waals surface area contributed by atoms with E-state index in [0.717, 1.165) is 30.4 Å². The maximum absolute atomic E-state index is 12.6. The second-order valence-electron chi connectivity index (χ2n) is 6.45. The van der Waals surface area contributed by atoms with E-state index in [0.29, 0.717) is 25.2 Å². The first kappa shape index (κ1) is 18.4. The van der Waals surface area contributed by atoms with Gasteiger partial charge in [0.15, 0.2) is 0 Å². The summed E-state index contributed by atoms with van der Waals surface area (Å²) in [5.74, 6) is 0.138. The predicted molar refractivity (Wildman–Crippen MR) is 100 cm³/mol. The minimum atomic E-state index is -3.69. The highest BCUT2D eigenvalue weighted by Crippen LogP contribution is 2.24. The van der Waals surface area contributed by atoms with Crippen molar-refractivity contribution in [3.63, 3.8) is 0 Å². The molecule has 2 heterocycles. The first-order valence-corrected chi connectivity index (χ1v) is 10.3. The zero-order chi connectivity index (χ0) is 18.6. The lowest BCUT2D eigenvalue weighted by Crippen LogP contribution is -2.35. The first-order valence-electron chi connectivity index (χ1n) is 8.82. The van der Waals surface area contributed by atoms with E-state index in [9.17, 15) is 13.2 Å². The van der Waals surface area contributed by atoms with E-state index in [1.54, 1.807) is 30.5 Å². The Labute approximate surface area is 154 Å². The average molecular weight is 373 g/mol. The number of sulfonamides is 1. The Balaban J connectivity index is 1.79. The van der Waals surface area contributed by atoms with Crippen molar-refractivity contribution in [2.24, 2.45) is 0 Å². The monoisotopic (exact) mass is 373 g/mol. The van der Waals surface area contributed by atoms with Gasteiger partial charge in [-0.2, -0.15) is 0 Å². The van der Waals surface area contributed by atoms with Gasteiger partial charge in [0.05, 0.1) is 16.8 Å². The number of benzene rings is 1. The Kier molecular flexibility index (Phi) is 5.56. The molecule has 0 saturated heterocycles. The fourth-order valence-corrected chi connectivity index (χ4v) is 4.13. The van der Waals surface area contributed by atoms with Crippen molar-refractivity contribution in [3.05, 3.63) is 53.9 Å². The maximum Gasteiger partial charge on any atom is 0.261 e. The van der Waals surface area contributed by atoms with Crippen LogP contribution in [0.25, 0.3) is 0 Å². The molecule has 0 unspecified atom stereocenters. The molecule has 138 valence electrons. The molecular formula is C19H23N3O3S. The number of carbonyl (C=O) groups is 1. The highest BCUT2D eigenvalue weighted by Gasteiger charge is 2.23. The summed E-state index contributed by atoms with van der Waals surface area (Å²) in [5, 5.41) is 0. The molecule has 1 N–H and O–H groups in total. The molecule has 0 aliphatic carbocycles. The Bertz CT molecular complexity index is 882. The van der Waals surface area contributed by atoms with Crippen LogP contribution in [-0.4, -0.2) is 30.8 Å². The van der Waals surface area contributed by atoms with Crippen LogP contribution < -0.4 is 4.72 Å². The second kappa shape index (κ2) is 7.86. The number of anilines is 1. The van der Waals surface area contributed by atoms with Gasteiger partial charge in [0.25, 0.3) is 10.0 Å². The second-order valence-corrected chi connectivity index (χ2v) is 8.13. The van der Waals surface area contributed by atoms with Crippen LogP contribution >= 0.6 is 0 Å². The number of aromatic nitrogens is 1. The number of rotatable bonds is 6. The summed E-state index contributed by atoms with van der Waals surface area (Å²) in [7, 11) is -3.69. The number of nitrogens with one attached hydrogen (secondary N) is 1. The van der Waals surface area contributed by atoms with Crippen LogP contribution in [0.5, 0.6) is 0 Å². The van der Waals surface area contributed by atoms with Gasteiger partial charge in [0.1, 0.15) is 0 Å². The quantitative estimate of drug-likeness (QED) is 0.844. The lowest BCUT2D eigenvalue weighted by Gasteiger charge is -2.29. The van der Waals surface area contributed by atoms with Gasteiger partial charge in [-0.3, -0.25) is 14.5 Å². The Morgan fingerprint density at radius 3 is 2.85 bits per heavy atom. The molecule has 2 aromatic rings. The Morgan fingerprint density at radius 2 is 2.12 bits per heavy atom. The number of nitrogens with zero attached hydrogens (tertiary/aromatic N) is 2. The van der Waals surface area contributed by atoms with E-state index in [1.807, 2.05) is 11.0 Å². The third-order valence-corrected chi connectivity index (χ3v) is 5.89. The van der Waals surface area contributed by atoms with Crippen LogP contribution in [0.2, 0.25) is 0 Å². The molecule has 26 heavy (non-hydrogen) atoms. The van der Waals surface area contributed by atoms with E-state index in [2.05, 4.69) is 16.6 Å². The Morgan fingerprint density at radius 1 is 1.27 bits per heavy atom. The summed E-state index contributed by atoms with van der Waals surface area (Å²) in [6.07, 6.45) is 6.21. The molecule has 1 aromatic carbocycles. The molecule has 6 nitrogen and oxygen atoms in total. The van der Waals surface area contributed by atoms with Crippen molar-refractivity contribution in [1.29, 1.82) is 0 Å². The fourth-order valence-electron chi connectivity index (χ4n) is 3.04. The fraction of sp³-hybridized carbons (Fsp3) is 0.368. The van der Waals surface area contributed by atoms with Gasteiger partial charge in [-0.05, 0) is 48.2 Å². The molecule has 0 bridgehead atoms. The molecular weight excluding hydrogens is 350 g/mol. The van der Waals surface area contributed by atoms with E-state index >= 15 is 0 Å². The number of amides is 1. The van der Waals surface area contributed by atoms with E-state index in [1.165, 1.54) is 6.20 Å². The van der Waals surface area contributed by atoms with Gasteiger partial charge in [-0.1, -0.05) is 19.4 Å². The average Bonchev–Trinajstić information content (AvgIpc) is 2.65. The van der Waals surface area contributed by atoms with Gasteiger partial charge in [-0.15, -0.1) is 0 Å². The number of unbranched alkanes of at least 4 members (excludes halogenated alkanes) is 1. The molecule has 0 saturated carbocycles. The number of carbonyl (C=O) groups excluding carboxylic acids is 1. The number of pyridine rings is 1. The van der Waals surface area contributed by atoms with Gasteiger partial charge in [0.2, 0.25) is 5.91 Å². The van der Waals surface area contributed by atoms with Crippen LogP contribution in [0.15, 0.2) is 47.6 Å². The molecule has 7 heteroatoms. The first-order chi connectivity index (χ1) is 12.5. The summed E-state index contributed by atoms with van der Waals surface area (Å²) < 4.78 is 27.8. The van der Waals surface area contributed by atoms with Crippen molar-refractivity contribution < 1.29 is 13.2 Å². The summed E-state index contributed by atoms with van der Waals surface area (Å²) in [6, 6.07) is 8.46. The molecule has 1 aromatic heterocycles. The highest BCUT2D eigenvalue weighted by molar-refractivity contribution is 7.92. The topological polar surface area (TPSA) is 79.4 Å². The highest BCUT2D eigenvalue weighted by atomic mass is 32.2. The number of hydrogen-bond acceptors (Lipinski definition) is 4. The SMILES string of the molecule is CCCCC(=O)N1CCc2ccc(S(=O)(=O)Nc3cccnc3)cc2C1. The zero-order valence-corrected chi connectivity index (χ0v) is 15.6. The molecule has 1 amide bonds. The van der Waals surface area contributed by atoms with Crippen molar-refractivity contribution in [1.82, 2.24) is 9.88 Å². The lowest BCUT2D eigenvalue weighted by atomic mass is 9.99. The Hall–Kier alpha value is -2.41. The third kappa shape index (κ3) is 4.22. The number of hydrogen-bond donors (Lipinski definition) is 1. The van der Waals surface area contributed by atoms with Gasteiger partial charge in [0, 0.05) is 25.7 Å². The molecule has 0 atom stereocenters. The van der Waals surface area contributed by atoms with Crippen molar-refractivity contribution >= 4 is 21.6 Å². The van der Waals surface area contributed by atoms with Gasteiger partial charge >= 0.3 is 0 Å². The summed E-state index contributed by atoms with van der Waals surface area (Å²) in [5.41, 5.74) is 2.42. The van der Waals surface area contributed by atoms with Crippen LogP contribution in [-0.2, 0) is 27.8 Å². The molecule has 0 radical (unpaired) electrons. The standard InChI is InChI=1S/C19H23N3O3S/c1-2-3-6-19(23)22-11-9-15-7-8-18(12-16(15)14-22)26(24,25)21-17-5-4-10-20-13-17/h4-5,7-8,10,12-13,21H,2-3,6,9,11,14H2,1H3. The van der Waals surface area contributed by atoms with Gasteiger partial charge < -0.3 is 4.90 Å². The molecule has 0 fully saturated rings. The predicted octanol–water partition coefficient (Wildman–Crippen LogP) is 2.96. The largest absolute Gasteiger partial charge is 0.338 e. The van der Waals surface area contributed by atoms with Crippen molar-refractivity contribution in [3.8, 4) is 0 Å². The summed E-state index contributed by atoms with van der Waals surface area (Å²) >= 11 is 0. The van der Waals surface area contributed by atoms with Crippen LogP contribution in [0.4, 0.5) is 5.69 Å².